The number of pyridine rings is 1. The number of hydrogen-bond acceptors (Lipinski definition) is 4. The van der Waals surface area contributed by atoms with Crippen molar-refractivity contribution in [3.05, 3.63) is 24.0 Å². The van der Waals surface area contributed by atoms with E-state index < -0.39 is 0 Å². The fourth-order valence-electron chi connectivity index (χ4n) is 1.57. The smallest absolute Gasteiger partial charge is 0.195 e. The van der Waals surface area contributed by atoms with Gasteiger partial charge in [-0.05, 0) is 18.9 Å². The third-order valence-corrected chi connectivity index (χ3v) is 2.34. The lowest BCUT2D eigenvalue weighted by Crippen LogP contribution is -2.20. The first-order valence-corrected chi connectivity index (χ1v) is 4.64. The molecule has 0 aliphatic carbocycles. The molecule has 1 fully saturated rings. The molecule has 2 rings (SSSR count). The summed E-state index contributed by atoms with van der Waals surface area (Å²) in [6.45, 7) is 0.663. The molecule has 1 aromatic heterocycles. The van der Waals surface area contributed by atoms with Crippen molar-refractivity contribution in [2.75, 3.05) is 12.3 Å². The van der Waals surface area contributed by atoms with E-state index in [-0.39, 0.29) is 11.9 Å². The van der Waals surface area contributed by atoms with Crippen molar-refractivity contribution in [1.82, 2.24) is 4.98 Å². The standard InChI is InChI=1S/C10H12N2O2/c11-8-3-4-12-6-7(8)10(13)9-2-1-5-14-9/h3-4,6,9H,1-2,5H2,(H2,11,12). The number of rotatable bonds is 2. The number of ether oxygens (including phenoxy) is 1. The zero-order valence-corrected chi connectivity index (χ0v) is 7.77. The van der Waals surface area contributed by atoms with Crippen molar-refractivity contribution in [2.45, 2.75) is 18.9 Å². The largest absolute Gasteiger partial charge is 0.398 e. The van der Waals surface area contributed by atoms with Crippen molar-refractivity contribution in [3.63, 3.8) is 0 Å². The van der Waals surface area contributed by atoms with Crippen LogP contribution in [0.3, 0.4) is 0 Å². The highest BCUT2D eigenvalue weighted by atomic mass is 16.5. The Bertz CT molecular complexity index is 346. The van der Waals surface area contributed by atoms with Crippen molar-refractivity contribution >= 4 is 11.5 Å². The molecule has 0 amide bonds. The molecule has 2 N–H and O–H groups in total. The Balaban J connectivity index is 2.22. The molecule has 0 bridgehead atoms. The number of carbonyl (C=O) groups is 1. The predicted octanol–water partition coefficient (Wildman–Crippen LogP) is 1.03. The lowest BCUT2D eigenvalue weighted by Gasteiger charge is -2.09. The van der Waals surface area contributed by atoms with Crippen LogP contribution in [0.5, 0.6) is 0 Å². The molecule has 1 aliphatic rings. The number of ketones is 1. The van der Waals surface area contributed by atoms with Gasteiger partial charge in [-0.2, -0.15) is 0 Å². The maximum Gasteiger partial charge on any atom is 0.195 e. The second-order valence-corrected chi connectivity index (χ2v) is 3.33. The molecule has 0 aromatic carbocycles. The predicted molar refractivity (Wildman–Crippen MR) is 52.0 cm³/mol. The van der Waals surface area contributed by atoms with Crippen molar-refractivity contribution in [3.8, 4) is 0 Å². The van der Waals surface area contributed by atoms with E-state index in [0.717, 1.165) is 12.8 Å². The average molecular weight is 192 g/mol. The van der Waals surface area contributed by atoms with E-state index in [4.69, 9.17) is 10.5 Å². The van der Waals surface area contributed by atoms with Crippen LogP contribution in [-0.2, 0) is 4.74 Å². The van der Waals surface area contributed by atoms with Crippen molar-refractivity contribution in [2.24, 2.45) is 0 Å². The lowest BCUT2D eigenvalue weighted by atomic mass is 10.0. The Labute approximate surface area is 82.1 Å². The van der Waals surface area contributed by atoms with Crippen LogP contribution in [0.4, 0.5) is 5.69 Å². The van der Waals surface area contributed by atoms with Gasteiger partial charge in [-0.25, -0.2) is 0 Å². The second-order valence-electron chi connectivity index (χ2n) is 3.33. The van der Waals surface area contributed by atoms with Crippen LogP contribution in [0.15, 0.2) is 18.5 Å². The van der Waals surface area contributed by atoms with Gasteiger partial charge in [0.2, 0.25) is 0 Å². The van der Waals surface area contributed by atoms with Gasteiger partial charge in [-0.3, -0.25) is 9.78 Å². The van der Waals surface area contributed by atoms with Crippen molar-refractivity contribution < 1.29 is 9.53 Å². The summed E-state index contributed by atoms with van der Waals surface area (Å²) in [6.07, 6.45) is 4.48. The number of aromatic nitrogens is 1. The molecule has 1 aliphatic heterocycles. The molecule has 0 radical (unpaired) electrons. The number of nitrogen functional groups attached to an aromatic ring is 1. The molecule has 1 saturated heterocycles. The lowest BCUT2D eigenvalue weighted by molar-refractivity contribution is 0.0643. The van der Waals surface area contributed by atoms with Crippen LogP contribution >= 0.6 is 0 Å². The molecule has 2 heterocycles. The molecule has 14 heavy (non-hydrogen) atoms. The molecule has 4 heteroatoms. The van der Waals surface area contributed by atoms with Gasteiger partial charge in [-0.15, -0.1) is 0 Å². The minimum absolute atomic E-state index is 0.0481. The Kier molecular flexibility index (Phi) is 2.45. The normalized spacial score (nSPS) is 21.0. The summed E-state index contributed by atoms with van der Waals surface area (Å²) in [6, 6.07) is 1.63. The number of nitrogens with zero attached hydrogens (tertiary/aromatic N) is 1. The molecular formula is C10H12N2O2. The van der Waals surface area contributed by atoms with Gasteiger partial charge < -0.3 is 10.5 Å². The second kappa shape index (κ2) is 3.75. The van der Waals surface area contributed by atoms with E-state index in [1.165, 1.54) is 6.20 Å². The Morgan fingerprint density at radius 3 is 3.14 bits per heavy atom. The molecule has 0 spiro atoms. The monoisotopic (exact) mass is 192 g/mol. The molecule has 74 valence electrons. The van der Waals surface area contributed by atoms with Crippen molar-refractivity contribution in [1.29, 1.82) is 0 Å². The van der Waals surface area contributed by atoms with Gasteiger partial charge in [0.1, 0.15) is 6.10 Å². The van der Waals surface area contributed by atoms with Gasteiger partial charge in [0.25, 0.3) is 0 Å². The zero-order chi connectivity index (χ0) is 9.97. The van der Waals surface area contributed by atoms with Gasteiger partial charge in [0.15, 0.2) is 5.78 Å². The number of Topliss-reactive ketones (excluding diaryl/α,β-unsaturated/α-hetero) is 1. The van der Waals surface area contributed by atoms with E-state index in [1.807, 2.05) is 0 Å². The zero-order valence-electron chi connectivity index (χ0n) is 7.77. The molecule has 4 nitrogen and oxygen atoms in total. The Morgan fingerprint density at radius 1 is 1.64 bits per heavy atom. The maximum absolute atomic E-state index is 11.8. The van der Waals surface area contributed by atoms with Gasteiger partial charge in [0, 0.05) is 24.7 Å². The minimum Gasteiger partial charge on any atom is -0.398 e. The summed E-state index contributed by atoms with van der Waals surface area (Å²) in [4.78, 5) is 15.7. The van der Waals surface area contributed by atoms with Crippen LogP contribution in [-0.4, -0.2) is 23.5 Å². The third kappa shape index (κ3) is 1.61. The van der Waals surface area contributed by atoms with Crippen LogP contribution in [0.2, 0.25) is 0 Å². The quantitative estimate of drug-likeness (QED) is 0.710. The highest BCUT2D eigenvalue weighted by molar-refractivity contribution is 6.03. The molecular weight excluding hydrogens is 180 g/mol. The Morgan fingerprint density at radius 2 is 2.50 bits per heavy atom. The number of nitrogens with two attached hydrogens (primary N) is 1. The number of hydrogen-bond donors (Lipinski definition) is 1. The molecule has 1 aromatic rings. The van der Waals surface area contributed by atoms with E-state index in [1.54, 1.807) is 12.3 Å². The van der Waals surface area contributed by atoms with E-state index in [9.17, 15) is 4.79 Å². The van der Waals surface area contributed by atoms with Gasteiger partial charge in [-0.1, -0.05) is 0 Å². The van der Waals surface area contributed by atoms with Gasteiger partial charge in [0.05, 0.1) is 5.56 Å². The molecule has 0 saturated carbocycles. The average Bonchev–Trinajstić information content (AvgIpc) is 2.70. The summed E-state index contributed by atoms with van der Waals surface area (Å²) in [5, 5.41) is 0. The van der Waals surface area contributed by atoms with Crippen LogP contribution in [0.25, 0.3) is 0 Å². The minimum atomic E-state index is -0.318. The fourth-order valence-corrected chi connectivity index (χ4v) is 1.57. The Hall–Kier alpha value is -1.42. The highest BCUT2D eigenvalue weighted by Gasteiger charge is 2.25. The highest BCUT2D eigenvalue weighted by Crippen LogP contribution is 2.19. The summed E-state index contributed by atoms with van der Waals surface area (Å²) < 4.78 is 5.29. The first-order chi connectivity index (χ1) is 6.79. The van der Waals surface area contributed by atoms with E-state index >= 15 is 0 Å². The number of carbonyl (C=O) groups excluding carboxylic acids is 1. The summed E-state index contributed by atoms with van der Waals surface area (Å²) >= 11 is 0. The van der Waals surface area contributed by atoms with E-state index in [0.29, 0.717) is 17.9 Å². The first-order valence-electron chi connectivity index (χ1n) is 4.64. The molecule has 1 atom stereocenters. The van der Waals surface area contributed by atoms with Crippen LogP contribution in [0.1, 0.15) is 23.2 Å². The maximum atomic E-state index is 11.8. The fraction of sp³-hybridized carbons (Fsp3) is 0.400. The molecule has 1 unspecified atom stereocenters. The first kappa shape index (κ1) is 9.15. The summed E-state index contributed by atoms with van der Waals surface area (Å²) in [5.74, 6) is -0.0481. The summed E-state index contributed by atoms with van der Waals surface area (Å²) in [5.41, 5.74) is 6.62. The van der Waals surface area contributed by atoms with Gasteiger partial charge >= 0.3 is 0 Å². The topological polar surface area (TPSA) is 65.2 Å². The SMILES string of the molecule is Nc1ccncc1C(=O)C1CCCO1. The van der Waals surface area contributed by atoms with E-state index in [2.05, 4.69) is 4.98 Å². The summed E-state index contributed by atoms with van der Waals surface area (Å²) in [7, 11) is 0. The number of anilines is 1. The third-order valence-electron chi connectivity index (χ3n) is 2.34. The van der Waals surface area contributed by atoms with Crippen LogP contribution in [0, 0.1) is 0 Å². The van der Waals surface area contributed by atoms with Crippen LogP contribution < -0.4 is 5.73 Å².